The number of anilines is 1. The van der Waals surface area contributed by atoms with Gasteiger partial charge < -0.3 is 5.32 Å². The van der Waals surface area contributed by atoms with Crippen LogP contribution in [-0.2, 0) is 6.54 Å². The molecule has 2 heterocycles. The normalized spacial score (nSPS) is 12.0. The van der Waals surface area contributed by atoms with E-state index in [-0.39, 0.29) is 11.9 Å². The summed E-state index contributed by atoms with van der Waals surface area (Å²) in [5, 5.41) is 2.89. The molecule has 6 heteroatoms. The topological polar surface area (TPSA) is 71.0 Å². The van der Waals surface area contributed by atoms with E-state index in [1.807, 2.05) is 63.4 Å². The zero-order valence-corrected chi connectivity index (χ0v) is 16.7. The molecule has 0 unspecified atom stereocenters. The predicted octanol–water partition coefficient (Wildman–Crippen LogP) is 3.93. The summed E-state index contributed by atoms with van der Waals surface area (Å²) in [5.74, 6) is 0.410. The lowest BCUT2D eigenvalue weighted by Gasteiger charge is -2.24. The van der Waals surface area contributed by atoms with Crippen molar-refractivity contribution in [3.05, 3.63) is 83.1 Å². The third-order valence-electron chi connectivity index (χ3n) is 4.65. The first-order valence-electron chi connectivity index (χ1n) is 9.24. The lowest BCUT2D eigenvalue weighted by Crippen LogP contribution is -2.23. The summed E-state index contributed by atoms with van der Waals surface area (Å²) in [6, 6.07) is 13.6. The number of hydrogen-bond acceptors (Lipinski definition) is 5. The third-order valence-corrected chi connectivity index (χ3v) is 4.65. The summed E-state index contributed by atoms with van der Waals surface area (Å²) < 4.78 is 0. The molecule has 0 radical (unpaired) electrons. The zero-order chi connectivity index (χ0) is 20.1. The fraction of sp³-hybridized carbons (Fsp3) is 0.273. The summed E-state index contributed by atoms with van der Waals surface area (Å²) >= 11 is 0. The second-order valence-corrected chi connectivity index (χ2v) is 7.05. The smallest absolute Gasteiger partial charge is 0.256 e. The minimum atomic E-state index is -0.161. The van der Waals surface area contributed by atoms with Crippen molar-refractivity contribution in [2.24, 2.45) is 0 Å². The van der Waals surface area contributed by atoms with Crippen LogP contribution in [0.3, 0.4) is 0 Å². The van der Waals surface area contributed by atoms with Gasteiger partial charge in [-0.05, 0) is 69.3 Å². The number of nitrogens with one attached hydrogen (secondary N) is 1. The number of amides is 1. The van der Waals surface area contributed by atoms with Crippen LogP contribution in [0.4, 0.5) is 5.82 Å². The maximum atomic E-state index is 12.6. The first-order valence-corrected chi connectivity index (χ1v) is 9.24. The molecule has 0 spiro atoms. The Balaban J connectivity index is 1.70. The summed E-state index contributed by atoms with van der Waals surface area (Å²) in [6.07, 6.45) is 3.31. The first kappa shape index (κ1) is 19.6. The van der Waals surface area contributed by atoms with Gasteiger partial charge in [-0.25, -0.2) is 15.0 Å². The fourth-order valence-electron chi connectivity index (χ4n) is 3.10. The van der Waals surface area contributed by atoms with Crippen molar-refractivity contribution < 1.29 is 4.79 Å². The maximum Gasteiger partial charge on any atom is 0.256 e. The minimum Gasteiger partial charge on any atom is -0.307 e. The number of hydrogen-bond donors (Lipinski definition) is 1. The molecule has 0 aliphatic carbocycles. The number of nitrogens with zero attached hydrogens (tertiary/aromatic N) is 4. The molecule has 0 saturated heterocycles. The fourth-order valence-corrected chi connectivity index (χ4v) is 3.10. The van der Waals surface area contributed by atoms with Crippen LogP contribution in [0.25, 0.3) is 0 Å². The molecule has 1 amide bonds. The second-order valence-electron chi connectivity index (χ2n) is 7.05. The van der Waals surface area contributed by atoms with Crippen molar-refractivity contribution in [2.75, 3.05) is 12.4 Å². The van der Waals surface area contributed by atoms with Crippen LogP contribution >= 0.6 is 0 Å². The third kappa shape index (κ3) is 4.98. The number of carbonyl (C=O) groups excluding carboxylic acids is 1. The lowest BCUT2D eigenvalue weighted by atomic mass is 10.1. The summed E-state index contributed by atoms with van der Waals surface area (Å²) in [7, 11) is 2.04. The summed E-state index contributed by atoms with van der Waals surface area (Å²) in [6.45, 7) is 6.70. The average molecular weight is 375 g/mol. The Morgan fingerprint density at radius 1 is 1.18 bits per heavy atom. The quantitative estimate of drug-likeness (QED) is 0.707. The van der Waals surface area contributed by atoms with Gasteiger partial charge in [0.2, 0.25) is 0 Å². The van der Waals surface area contributed by atoms with Crippen LogP contribution in [0.15, 0.2) is 55.0 Å². The van der Waals surface area contributed by atoms with Crippen LogP contribution in [-0.4, -0.2) is 32.8 Å². The molecule has 2 aromatic heterocycles. The van der Waals surface area contributed by atoms with E-state index in [1.54, 1.807) is 12.5 Å². The van der Waals surface area contributed by atoms with E-state index >= 15 is 0 Å². The van der Waals surface area contributed by atoms with E-state index in [4.69, 9.17) is 0 Å². The highest BCUT2D eigenvalue weighted by molar-refractivity contribution is 6.03. The Labute approximate surface area is 165 Å². The van der Waals surface area contributed by atoms with E-state index in [1.165, 1.54) is 0 Å². The van der Waals surface area contributed by atoms with Crippen molar-refractivity contribution in [1.82, 2.24) is 19.9 Å². The molecule has 1 aromatic carbocycles. The monoisotopic (exact) mass is 375 g/mol. The number of carbonyl (C=O) groups is 1. The van der Waals surface area contributed by atoms with Gasteiger partial charge in [-0.3, -0.25) is 9.69 Å². The van der Waals surface area contributed by atoms with Gasteiger partial charge in [-0.2, -0.15) is 0 Å². The van der Waals surface area contributed by atoms with Crippen LogP contribution < -0.4 is 5.32 Å². The molecule has 0 saturated carbocycles. The highest BCUT2D eigenvalue weighted by Crippen LogP contribution is 2.19. The van der Waals surface area contributed by atoms with Crippen molar-refractivity contribution >= 4 is 11.7 Å². The molecule has 6 nitrogen and oxygen atoms in total. The van der Waals surface area contributed by atoms with Gasteiger partial charge >= 0.3 is 0 Å². The van der Waals surface area contributed by atoms with Crippen LogP contribution in [0.5, 0.6) is 0 Å². The van der Waals surface area contributed by atoms with E-state index in [2.05, 4.69) is 32.1 Å². The largest absolute Gasteiger partial charge is 0.307 e. The zero-order valence-electron chi connectivity index (χ0n) is 16.7. The number of aryl methyl sites for hydroxylation is 2. The van der Waals surface area contributed by atoms with Crippen LogP contribution in [0, 0.1) is 13.8 Å². The Morgan fingerprint density at radius 3 is 2.71 bits per heavy atom. The van der Waals surface area contributed by atoms with Crippen molar-refractivity contribution in [1.29, 1.82) is 0 Å². The molecule has 3 rings (SSSR count). The lowest BCUT2D eigenvalue weighted by molar-refractivity contribution is 0.102. The van der Waals surface area contributed by atoms with E-state index in [0.29, 0.717) is 17.9 Å². The van der Waals surface area contributed by atoms with Crippen molar-refractivity contribution in [2.45, 2.75) is 33.4 Å². The van der Waals surface area contributed by atoms with Gasteiger partial charge in [-0.1, -0.05) is 12.1 Å². The Morgan fingerprint density at radius 2 is 2.00 bits per heavy atom. The van der Waals surface area contributed by atoms with E-state index in [0.717, 1.165) is 22.5 Å². The first-order chi connectivity index (χ1) is 13.4. The highest BCUT2D eigenvalue weighted by Gasteiger charge is 2.14. The highest BCUT2D eigenvalue weighted by atomic mass is 16.1. The Hall–Kier alpha value is -3.12. The average Bonchev–Trinajstić information content (AvgIpc) is 2.67. The van der Waals surface area contributed by atoms with Gasteiger partial charge in [-0.15, -0.1) is 0 Å². The van der Waals surface area contributed by atoms with Gasteiger partial charge in [0, 0.05) is 30.0 Å². The Bertz CT molecular complexity index is 938. The van der Waals surface area contributed by atoms with Gasteiger partial charge in [0.05, 0.1) is 5.69 Å². The predicted molar refractivity (Wildman–Crippen MR) is 110 cm³/mol. The van der Waals surface area contributed by atoms with Gasteiger partial charge in [0.1, 0.15) is 12.1 Å². The van der Waals surface area contributed by atoms with Crippen molar-refractivity contribution in [3.8, 4) is 0 Å². The number of aromatic nitrogens is 3. The Kier molecular flexibility index (Phi) is 6.11. The van der Waals surface area contributed by atoms with Crippen LogP contribution in [0.1, 0.15) is 45.8 Å². The molecule has 0 fully saturated rings. The van der Waals surface area contributed by atoms with Gasteiger partial charge in [0.15, 0.2) is 0 Å². The molecular weight excluding hydrogens is 350 g/mol. The number of pyridine rings is 1. The molecule has 0 bridgehead atoms. The molecular formula is C22H25N5O. The summed E-state index contributed by atoms with van der Waals surface area (Å²) in [5.41, 5.74) is 4.58. The molecule has 1 atom stereocenters. The molecule has 28 heavy (non-hydrogen) atoms. The number of rotatable bonds is 6. The summed E-state index contributed by atoms with van der Waals surface area (Å²) in [4.78, 5) is 27.5. The molecule has 0 aliphatic rings. The SMILES string of the molecule is Cc1cc(C)nc(NC(=O)c2cccc(CN(C)[C@H](C)c3ccncn3)c2)c1. The second kappa shape index (κ2) is 8.71. The van der Waals surface area contributed by atoms with E-state index in [9.17, 15) is 4.79 Å². The standard InChI is InChI=1S/C22H25N5O/c1-15-10-16(2)25-21(11-15)26-22(28)19-7-5-6-18(12-19)13-27(4)17(3)20-8-9-23-14-24-20/h5-12,14,17H,13H2,1-4H3,(H,25,26,28)/t17-/m1/s1. The molecule has 144 valence electrons. The van der Waals surface area contributed by atoms with Crippen LogP contribution in [0.2, 0.25) is 0 Å². The molecule has 0 aliphatic heterocycles. The number of benzene rings is 1. The van der Waals surface area contributed by atoms with Gasteiger partial charge in [0.25, 0.3) is 5.91 Å². The molecule has 3 aromatic rings. The van der Waals surface area contributed by atoms with Crippen molar-refractivity contribution in [3.63, 3.8) is 0 Å². The van der Waals surface area contributed by atoms with E-state index < -0.39 is 0 Å². The maximum absolute atomic E-state index is 12.6. The molecule has 1 N–H and O–H groups in total. The minimum absolute atomic E-state index is 0.139.